The maximum atomic E-state index is 14.2. The summed E-state index contributed by atoms with van der Waals surface area (Å²) in [6.45, 7) is 9.54. The topological polar surface area (TPSA) is 87.9 Å². The lowest BCUT2D eigenvalue weighted by molar-refractivity contribution is 0.0168. The molecule has 0 saturated carbocycles. The van der Waals surface area contributed by atoms with E-state index in [1.165, 1.54) is 12.4 Å². The lowest BCUT2D eigenvalue weighted by Gasteiger charge is -2.15. The molecule has 0 atom stereocenters. The van der Waals surface area contributed by atoms with Crippen LogP contribution in [0.1, 0.15) is 43.6 Å². The number of pyridine rings is 1. The largest absolute Gasteiger partial charge is 0.394 e. The standard InChI is InChI=1S/C17H17FN4O3.2C2H6/c1-11-2-5-15(14(18)8-11)20-16-13(17(24)21-25-7-6-23)4-3-12-9-19-10-22(12)16;2*1-2/h2-5,8-10,20,23H,6-7H2,1H3,(H,21,24);2*1-2H3. The van der Waals surface area contributed by atoms with Crippen molar-refractivity contribution in [3.8, 4) is 0 Å². The van der Waals surface area contributed by atoms with E-state index in [1.807, 2.05) is 27.7 Å². The van der Waals surface area contributed by atoms with Crippen LogP contribution in [-0.4, -0.2) is 33.6 Å². The first-order valence-corrected chi connectivity index (χ1v) is 9.61. The molecule has 0 bridgehead atoms. The highest BCUT2D eigenvalue weighted by atomic mass is 19.1. The van der Waals surface area contributed by atoms with E-state index in [-0.39, 0.29) is 24.5 Å². The van der Waals surface area contributed by atoms with Crippen LogP contribution in [0.5, 0.6) is 0 Å². The minimum Gasteiger partial charge on any atom is -0.394 e. The molecule has 0 fully saturated rings. The highest BCUT2D eigenvalue weighted by Crippen LogP contribution is 2.25. The van der Waals surface area contributed by atoms with E-state index in [9.17, 15) is 9.18 Å². The Morgan fingerprint density at radius 3 is 2.59 bits per heavy atom. The minimum absolute atomic E-state index is 0.0333. The van der Waals surface area contributed by atoms with Crippen molar-refractivity contribution in [3.63, 3.8) is 0 Å². The number of carbonyl (C=O) groups is 1. The second kappa shape index (κ2) is 12.5. The van der Waals surface area contributed by atoms with Crippen LogP contribution in [0.4, 0.5) is 15.9 Å². The van der Waals surface area contributed by atoms with Crippen LogP contribution in [0.15, 0.2) is 42.9 Å². The molecular formula is C21H29FN4O3. The number of nitrogens with one attached hydrogen (secondary N) is 2. The number of hydrogen-bond donors (Lipinski definition) is 3. The van der Waals surface area contributed by atoms with Crippen LogP contribution in [0.25, 0.3) is 5.52 Å². The van der Waals surface area contributed by atoms with Crippen molar-refractivity contribution in [1.82, 2.24) is 14.9 Å². The summed E-state index contributed by atoms with van der Waals surface area (Å²) in [5.41, 5.74) is 4.24. The number of nitrogens with zero attached hydrogens (tertiary/aromatic N) is 2. The van der Waals surface area contributed by atoms with E-state index in [4.69, 9.17) is 9.94 Å². The van der Waals surface area contributed by atoms with Gasteiger partial charge in [-0.2, -0.15) is 0 Å². The Hall–Kier alpha value is -2.97. The van der Waals surface area contributed by atoms with Crippen LogP contribution in [0, 0.1) is 12.7 Å². The number of anilines is 2. The molecule has 158 valence electrons. The molecule has 8 heteroatoms. The summed E-state index contributed by atoms with van der Waals surface area (Å²) in [7, 11) is 0. The first-order chi connectivity index (χ1) is 14.1. The van der Waals surface area contributed by atoms with Gasteiger partial charge in [-0.15, -0.1) is 0 Å². The summed E-state index contributed by atoms with van der Waals surface area (Å²) in [5, 5.41) is 11.7. The molecule has 1 amide bonds. The lowest BCUT2D eigenvalue weighted by Crippen LogP contribution is -2.26. The number of aliphatic hydroxyl groups is 1. The van der Waals surface area contributed by atoms with Crippen LogP contribution in [0.2, 0.25) is 0 Å². The molecule has 3 N–H and O–H groups in total. The van der Waals surface area contributed by atoms with E-state index >= 15 is 0 Å². The molecule has 0 aliphatic rings. The zero-order chi connectivity index (χ0) is 21.8. The van der Waals surface area contributed by atoms with Crippen molar-refractivity contribution >= 4 is 22.9 Å². The fourth-order valence-electron chi connectivity index (χ4n) is 2.37. The van der Waals surface area contributed by atoms with Crippen LogP contribution < -0.4 is 10.8 Å². The Kier molecular flexibility index (Phi) is 10.4. The predicted octanol–water partition coefficient (Wildman–Crippen LogP) is 4.23. The van der Waals surface area contributed by atoms with E-state index in [1.54, 1.807) is 41.8 Å². The molecular weight excluding hydrogens is 375 g/mol. The third kappa shape index (κ3) is 6.27. The molecule has 0 saturated heterocycles. The van der Waals surface area contributed by atoms with Crippen molar-refractivity contribution in [1.29, 1.82) is 0 Å². The highest BCUT2D eigenvalue weighted by molar-refractivity contribution is 5.99. The van der Waals surface area contributed by atoms with Gasteiger partial charge in [-0.1, -0.05) is 33.8 Å². The Balaban J connectivity index is 0.000000989. The van der Waals surface area contributed by atoms with Gasteiger partial charge in [-0.3, -0.25) is 14.0 Å². The summed E-state index contributed by atoms with van der Waals surface area (Å²) in [5.74, 6) is -0.609. The fraction of sp³-hybridized carbons (Fsp3) is 0.333. The van der Waals surface area contributed by atoms with Gasteiger partial charge in [0.15, 0.2) is 0 Å². The van der Waals surface area contributed by atoms with E-state index < -0.39 is 11.7 Å². The van der Waals surface area contributed by atoms with Gasteiger partial charge in [0.2, 0.25) is 0 Å². The minimum atomic E-state index is -0.529. The van der Waals surface area contributed by atoms with Gasteiger partial charge >= 0.3 is 0 Å². The maximum absolute atomic E-state index is 14.2. The fourth-order valence-corrected chi connectivity index (χ4v) is 2.37. The average Bonchev–Trinajstić information content (AvgIpc) is 3.22. The molecule has 1 aromatic carbocycles. The number of halogens is 1. The van der Waals surface area contributed by atoms with Gasteiger partial charge in [0.25, 0.3) is 5.91 Å². The molecule has 0 spiro atoms. The Morgan fingerprint density at radius 2 is 1.93 bits per heavy atom. The van der Waals surface area contributed by atoms with Crippen LogP contribution in [0.3, 0.4) is 0 Å². The predicted molar refractivity (Wildman–Crippen MR) is 113 cm³/mol. The molecule has 2 aromatic heterocycles. The zero-order valence-corrected chi connectivity index (χ0v) is 17.5. The molecule has 0 radical (unpaired) electrons. The summed E-state index contributed by atoms with van der Waals surface area (Å²) < 4.78 is 15.8. The Morgan fingerprint density at radius 1 is 1.21 bits per heavy atom. The number of aryl methyl sites for hydroxylation is 1. The maximum Gasteiger partial charge on any atom is 0.278 e. The average molecular weight is 404 g/mol. The summed E-state index contributed by atoms with van der Waals surface area (Å²) in [4.78, 5) is 21.3. The van der Waals surface area contributed by atoms with Gasteiger partial charge in [0, 0.05) is 0 Å². The Labute approximate surface area is 170 Å². The lowest BCUT2D eigenvalue weighted by atomic mass is 10.2. The molecule has 29 heavy (non-hydrogen) atoms. The van der Waals surface area contributed by atoms with Crippen molar-refractivity contribution < 1.29 is 19.1 Å². The number of hydroxylamine groups is 1. The van der Waals surface area contributed by atoms with Crippen LogP contribution in [-0.2, 0) is 4.84 Å². The SMILES string of the molecule is CC.CC.Cc1ccc(Nc2c(C(=O)NOCCO)ccc3cncn23)c(F)c1. The quantitative estimate of drug-likeness (QED) is 0.423. The number of hydrogen-bond acceptors (Lipinski definition) is 5. The van der Waals surface area contributed by atoms with Gasteiger partial charge < -0.3 is 10.4 Å². The summed E-state index contributed by atoms with van der Waals surface area (Å²) in [6.07, 6.45) is 3.15. The van der Waals surface area contributed by atoms with E-state index in [0.29, 0.717) is 5.82 Å². The van der Waals surface area contributed by atoms with Gasteiger partial charge in [-0.25, -0.2) is 14.9 Å². The molecule has 0 aliphatic heterocycles. The number of aromatic nitrogens is 2. The van der Waals surface area contributed by atoms with Crippen molar-refractivity contribution in [2.45, 2.75) is 34.6 Å². The van der Waals surface area contributed by atoms with Crippen LogP contribution >= 0.6 is 0 Å². The smallest absolute Gasteiger partial charge is 0.278 e. The van der Waals surface area contributed by atoms with E-state index in [0.717, 1.165) is 11.1 Å². The highest BCUT2D eigenvalue weighted by Gasteiger charge is 2.16. The van der Waals surface area contributed by atoms with Gasteiger partial charge in [-0.05, 0) is 36.8 Å². The number of fused-ring (bicyclic) bond motifs is 1. The normalized spacial score (nSPS) is 9.76. The number of carbonyl (C=O) groups excluding carboxylic acids is 1. The number of rotatable bonds is 6. The van der Waals surface area contributed by atoms with Gasteiger partial charge in [0.05, 0.1) is 36.2 Å². The first-order valence-electron chi connectivity index (χ1n) is 9.61. The summed E-state index contributed by atoms with van der Waals surface area (Å²) in [6, 6.07) is 8.07. The van der Waals surface area contributed by atoms with Crippen molar-refractivity contribution in [2.24, 2.45) is 0 Å². The van der Waals surface area contributed by atoms with Gasteiger partial charge in [0.1, 0.15) is 18.0 Å². The van der Waals surface area contributed by atoms with Crippen molar-refractivity contribution in [2.75, 3.05) is 18.5 Å². The molecule has 0 aliphatic carbocycles. The molecule has 0 unspecified atom stereocenters. The number of imidazole rings is 1. The molecule has 3 rings (SSSR count). The second-order valence-corrected chi connectivity index (χ2v) is 5.40. The molecule has 7 nitrogen and oxygen atoms in total. The zero-order valence-electron chi connectivity index (χ0n) is 17.5. The number of benzene rings is 1. The monoisotopic (exact) mass is 404 g/mol. The number of aliphatic hydroxyl groups excluding tert-OH is 1. The van der Waals surface area contributed by atoms with E-state index in [2.05, 4.69) is 15.8 Å². The van der Waals surface area contributed by atoms with Crippen molar-refractivity contribution in [3.05, 3.63) is 59.8 Å². The molecule has 2 heterocycles. The first kappa shape index (κ1) is 24.1. The third-order valence-corrected chi connectivity index (χ3v) is 3.56. The summed E-state index contributed by atoms with van der Waals surface area (Å²) >= 11 is 0. The number of amides is 1. The Bertz CT molecular complexity index is 912. The third-order valence-electron chi connectivity index (χ3n) is 3.56. The molecule has 3 aromatic rings. The second-order valence-electron chi connectivity index (χ2n) is 5.40.